The molecule has 92 heavy (non-hydrogen) atoms. The van der Waals surface area contributed by atoms with Crippen molar-refractivity contribution in [2.24, 2.45) is 16.7 Å². The van der Waals surface area contributed by atoms with Crippen molar-refractivity contribution in [3.05, 3.63) is 142 Å². The molecule has 4 aromatic rings. The van der Waals surface area contributed by atoms with E-state index in [4.69, 9.17) is 9.47 Å². The van der Waals surface area contributed by atoms with Gasteiger partial charge in [-0.2, -0.15) is 0 Å². The van der Waals surface area contributed by atoms with E-state index in [2.05, 4.69) is 16.0 Å². The van der Waals surface area contributed by atoms with Gasteiger partial charge in [0, 0.05) is 69.7 Å². The predicted molar refractivity (Wildman–Crippen MR) is 349 cm³/mol. The maximum Gasteiger partial charge on any atom is 0.410 e. The number of carbonyl (C=O) groups is 9. The second-order valence-electron chi connectivity index (χ2n) is 29.3. The number of nitrogens with one attached hydrogen (secondary N) is 3. The molecule has 20 heteroatoms. The maximum atomic E-state index is 15.9. The third-order valence-corrected chi connectivity index (χ3v) is 17.9. The highest BCUT2D eigenvalue weighted by atomic mass is 19.1. The van der Waals surface area contributed by atoms with E-state index in [0.717, 1.165) is 40.0 Å². The summed E-state index contributed by atoms with van der Waals surface area (Å²) >= 11 is 0. The molecule has 3 aliphatic rings. The Kier molecular flexibility index (Phi) is 22.3. The third-order valence-electron chi connectivity index (χ3n) is 17.9. The van der Waals surface area contributed by atoms with Gasteiger partial charge in [-0.05, 0) is 145 Å². The van der Waals surface area contributed by atoms with Gasteiger partial charge in [0.25, 0.3) is 5.91 Å². The van der Waals surface area contributed by atoms with E-state index >= 15 is 18.8 Å². The SMILES string of the molecule is C[C@H](c1ccccc1F)N(Cc1ccc(C(=O)N[C@H]2C[C@@H](C(=O)N[C@@H]3CCCc4ccccc43)N(C(=O)[C@@H](NC(=O)[C@H](C)N(C)C(=O)OC(C)(C)C)C(C)(C)C)C2)cc1)C(=O)[C@@H]1Cc2ccccc2CN1C(=O)[C@@H](CC(=O)[C@H](C)N(C)C(=O)OC(C)(C)C)C(C)(C)C. The number of ketones is 1. The van der Waals surface area contributed by atoms with Gasteiger partial charge < -0.3 is 45.0 Å². The van der Waals surface area contributed by atoms with Crippen LogP contribution < -0.4 is 16.0 Å². The molecular formula is C72H97FN8O11. The van der Waals surface area contributed by atoms with Crippen molar-refractivity contribution < 1.29 is 57.0 Å². The molecule has 0 radical (unpaired) electrons. The van der Waals surface area contributed by atoms with Crippen molar-refractivity contribution in [3.63, 3.8) is 0 Å². The molecule has 3 N–H and O–H groups in total. The van der Waals surface area contributed by atoms with Crippen LogP contribution in [0.5, 0.6) is 0 Å². The first kappa shape index (κ1) is 71.3. The molecule has 0 saturated carbocycles. The normalized spacial score (nSPS) is 19.1. The molecule has 0 spiro atoms. The number of carbonyl (C=O) groups excluding carboxylic acids is 9. The highest BCUT2D eigenvalue weighted by molar-refractivity contribution is 5.97. The number of benzene rings is 4. The fourth-order valence-electron chi connectivity index (χ4n) is 12.2. The fourth-order valence-corrected chi connectivity index (χ4v) is 12.2. The second-order valence-corrected chi connectivity index (χ2v) is 29.3. The van der Waals surface area contributed by atoms with Crippen molar-refractivity contribution in [1.82, 2.24) is 40.4 Å². The summed E-state index contributed by atoms with van der Waals surface area (Å²) < 4.78 is 27.0. The summed E-state index contributed by atoms with van der Waals surface area (Å²) in [5.41, 5.74) is 1.54. The third kappa shape index (κ3) is 17.5. The lowest BCUT2D eigenvalue weighted by atomic mass is 9.75. The van der Waals surface area contributed by atoms with Gasteiger partial charge in [-0.3, -0.25) is 38.5 Å². The van der Waals surface area contributed by atoms with Crippen molar-refractivity contribution in [2.45, 2.75) is 215 Å². The van der Waals surface area contributed by atoms with Crippen molar-refractivity contribution in [2.75, 3.05) is 20.6 Å². The van der Waals surface area contributed by atoms with Gasteiger partial charge in [-0.25, -0.2) is 14.0 Å². The lowest BCUT2D eigenvalue weighted by Crippen LogP contribution is -2.60. The summed E-state index contributed by atoms with van der Waals surface area (Å²) in [4.78, 5) is 137. The second kappa shape index (κ2) is 28.8. The molecule has 19 nitrogen and oxygen atoms in total. The molecule has 1 saturated heterocycles. The van der Waals surface area contributed by atoms with Crippen LogP contribution in [0.1, 0.15) is 185 Å². The summed E-state index contributed by atoms with van der Waals surface area (Å²) in [6, 6.07) is 21.0. The number of Topliss-reactive ketones (excluding diaryl/α,β-unsaturated/α-hetero) is 1. The number of likely N-dealkylation sites (N-methyl/N-ethyl adjacent to an activating group) is 2. The summed E-state index contributed by atoms with van der Waals surface area (Å²) in [7, 11) is 2.92. The summed E-state index contributed by atoms with van der Waals surface area (Å²) in [5.74, 6) is -4.80. The van der Waals surface area contributed by atoms with Gasteiger partial charge in [-0.1, -0.05) is 120 Å². The number of likely N-dealkylation sites (tertiary alicyclic amines) is 1. The zero-order valence-electron chi connectivity index (χ0n) is 56.9. The van der Waals surface area contributed by atoms with E-state index in [1.165, 1.54) is 41.8 Å². The molecule has 0 bridgehead atoms. The highest BCUT2D eigenvalue weighted by Gasteiger charge is 2.48. The van der Waals surface area contributed by atoms with E-state index in [-0.39, 0.29) is 61.8 Å². The van der Waals surface area contributed by atoms with E-state index in [0.29, 0.717) is 12.0 Å². The number of fused-ring (bicyclic) bond motifs is 2. The number of hydrogen-bond donors (Lipinski definition) is 3. The standard InChI is InChI=1S/C72H97FN8O11/c1-43(52-29-22-23-31-55(52)73)79(65(87)58-37-49-26-18-19-27-50(49)41-80(58)64(86)54(69(4,5)6)39-59(82)44(2)77(16)67(89)91-71(10,11)12)40-46-33-35-48(36-34-46)62(84)74-51-38-57(63(85)75-56-32-24-28-47-25-20-21-30-53(47)56)81(42-51)66(88)60(70(7,8)9)76-61(83)45(3)78(17)68(90)92-72(13,14)15/h18-23,25-27,29-31,33-36,43-45,51,54,56-58,60H,24,28,32,37-42H2,1-17H3,(H,74,84)(H,75,85)(H,76,83)/t43-,44+,45+,51+,54-,56-,57+,58+,60-/m1/s1. The zero-order valence-corrected chi connectivity index (χ0v) is 56.9. The molecular weight excluding hydrogens is 1170 g/mol. The number of halogens is 1. The lowest BCUT2D eigenvalue weighted by Gasteiger charge is -2.43. The van der Waals surface area contributed by atoms with Crippen LogP contribution in [0.15, 0.2) is 97.1 Å². The smallest absolute Gasteiger partial charge is 0.410 e. The molecule has 9 atom stereocenters. The Morgan fingerprint density at radius 1 is 0.641 bits per heavy atom. The number of aryl methyl sites for hydroxylation is 1. The van der Waals surface area contributed by atoms with Crippen molar-refractivity contribution in [1.29, 1.82) is 0 Å². The zero-order chi connectivity index (χ0) is 68.1. The monoisotopic (exact) mass is 1270 g/mol. The van der Waals surface area contributed by atoms with Crippen LogP contribution in [-0.4, -0.2) is 146 Å². The Balaban J connectivity index is 1.15. The van der Waals surface area contributed by atoms with Gasteiger partial charge in [0.05, 0.1) is 18.1 Å². The maximum absolute atomic E-state index is 15.9. The topological polar surface area (TPSA) is 224 Å². The molecule has 1 fully saturated rings. The van der Waals surface area contributed by atoms with Crippen LogP contribution >= 0.6 is 0 Å². The molecule has 0 unspecified atom stereocenters. The minimum Gasteiger partial charge on any atom is -0.444 e. The Hall–Kier alpha value is -8.16. The minimum atomic E-state index is -1.17. The van der Waals surface area contributed by atoms with Gasteiger partial charge in [0.1, 0.15) is 41.2 Å². The van der Waals surface area contributed by atoms with E-state index in [9.17, 15) is 28.8 Å². The Morgan fingerprint density at radius 3 is 1.79 bits per heavy atom. The van der Waals surface area contributed by atoms with E-state index < -0.39 is 124 Å². The van der Waals surface area contributed by atoms with Crippen LogP contribution in [0.25, 0.3) is 0 Å². The average Bonchev–Trinajstić information content (AvgIpc) is 0.871. The molecule has 2 aliphatic heterocycles. The van der Waals surface area contributed by atoms with Crippen molar-refractivity contribution >= 4 is 53.4 Å². The van der Waals surface area contributed by atoms with Gasteiger partial charge in [-0.15, -0.1) is 0 Å². The first-order chi connectivity index (χ1) is 42.8. The van der Waals surface area contributed by atoms with Crippen LogP contribution in [0.3, 0.4) is 0 Å². The number of amides is 8. The number of hydrogen-bond acceptors (Lipinski definition) is 11. The number of ether oxygens (including phenoxy) is 2. The van der Waals surface area contributed by atoms with Crippen molar-refractivity contribution in [3.8, 4) is 0 Å². The van der Waals surface area contributed by atoms with Gasteiger partial charge in [0.2, 0.25) is 29.5 Å². The van der Waals surface area contributed by atoms with Crippen LogP contribution in [0.2, 0.25) is 0 Å². The largest absolute Gasteiger partial charge is 0.444 e. The molecule has 498 valence electrons. The van der Waals surface area contributed by atoms with Crippen LogP contribution in [-0.2, 0) is 64.2 Å². The molecule has 2 heterocycles. The Bertz CT molecular complexity index is 3380. The fraction of sp³-hybridized carbons (Fsp3) is 0.542. The van der Waals surface area contributed by atoms with E-state index in [1.54, 1.807) is 124 Å². The minimum absolute atomic E-state index is 0.0475. The number of rotatable bonds is 18. The van der Waals surface area contributed by atoms with Crippen LogP contribution in [0, 0.1) is 22.6 Å². The quantitative estimate of drug-likeness (QED) is 0.0850. The molecule has 1 aliphatic carbocycles. The highest BCUT2D eigenvalue weighted by Crippen LogP contribution is 2.38. The Labute approximate surface area is 542 Å². The molecule has 4 aromatic carbocycles. The molecule has 7 rings (SSSR count). The van der Waals surface area contributed by atoms with Crippen LogP contribution in [0.4, 0.5) is 14.0 Å². The number of nitrogens with zero attached hydrogens (tertiary/aromatic N) is 5. The first-order valence-electron chi connectivity index (χ1n) is 32.1. The molecule has 8 amide bonds. The predicted octanol–water partition coefficient (Wildman–Crippen LogP) is 10.4. The summed E-state index contributed by atoms with van der Waals surface area (Å²) in [6.45, 7) is 26.0. The summed E-state index contributed by atoms with van der Waals surface area (Å²) in [6.07, 6.45) is 0.927. The average molecular weight is 1270 g/mol. The van der Waals surface area contributed by atoms with Gasteiger partial charge >= 0.3 is 12.2 Å². The van der Waals surface area contributed by atoms with Gasteiger partial charge in [0.15, 0.2) is 5.78 Å². The van der Waals surface area contributed by atoms with E-state index in [1.807, 2.05) is 69.3 Å². The summed E-state index contributed by atoms with van der Waals surface area (Å²) in [5, 5.41) is 9.18. The Morgan fingerprint density at radius 2 is 1.21 bits per heavy atom. The first-order valence-corrected chi connectivity index (χ1v) is 32.1. The lowest BCUT2D eigenvalue weighted by molar-refractivity contribution is -0.154. The molecule has 0 aromatic heterocycles.